The summed E-state index contributed by atoms with van der Waals surface area (Å²) in [5.41, 5.74) is 7.05. The van der Waals surface area contributed by atoms with Crippen LogP contribution in [0.5, 0.6) is 0 Å². The van der Waals surface area contributed by atoms with Crippen LogP contribution in [0, 0.1) is 6.92 Å². The van der Waals surface area contributed by atoms with E-state index in [0.29, 0.717) is 16.4 Å². The first-order valence-corrected chi connectivity index (χ1v) is 6.30. The maximum Gasteiger partial charge on any atom is 0.278 e. The van der Waals surface area contributed by atoms with Crippen molar-refractivity contribution < 1.29 is 4.79 Å². The molecule has 0 spiro atoms. The molecule has 8 heteroatoms. The van der Waals surface area contributed by atoms with Crippen molar-refractivity contribution in [2.45, 2.75) is 6.92 Å². The van der Waals surface area contributed by atoms with Crippen molar-refractivity contribution in [2.24, 2.45) is 0 Å². The van der Waals surface area contributed by atoms with Crippen LogP contribution in [-0.2, 0) is 0 Å². The summed E-state index contributed by atoms with van der Waals surface area (Å²) in [7, 11) is 0. The minimum Gasteiger partial charge on any atom is -0.395 e. The van der Waals surface area contributed by atoms with Gasteiger partial charge in [0.15, 0.2) is 5.69 Å². The molecular weight excluding hydrogens is 311 g/mol. The van der Waals surface area contributed by atoms with E-state index >= 15 is 0 Å². The zero-order chi connectivity index (χ0) is 14.2. The summed E-state index contributed by atoms with van der Waals surface area (Å²) in [5, 5.41) is 9.87. The van der Waals surface area contributed by atoms with Gasteiger partial charge in [0.1, 0.15) is 0 Å². The molecule has 100 valence electrons. The SMILES string of the molecule is Cc1[nH]nc(C(=O)Nc2cc(Cl)c(Cl)cc2Cl)c1N. The van der Waals surface area contributed by atoms with E-state index < -0.39 is 5.91 Å². The molecule has 19 heavy (non-hydrogen) atoms. The molecular formula is C11H9Cl3N4O. The van der Waals surface area contributed by atoms with Crippen LogP contribution in [0.3, 0.4) is 0 Å². The van der Waals surface area contributed by atoms with Crippen LogP contribution in [-0.4, -0.2) is 16.1 Å². The lowest BCUT2D eigenvalue weighted by molar-refractivity contribution is 0.102. The fourth-order valence-electron chi connectivity index (χ4n) is 1.41. The Morgan fingerprint density at radius 3 is 2.47 bits per heavy atom. The van der Waals surface area contributed by atoms with Crippen molar-refractivity contribution in [2.75, 3.05) is 11.1 Å². The van der Waals surface area contributed by atoms with E-state index in [1.54, 1.807) is 6.92 Å². The number of nitrogens with one attached hydrogen (secondary N) is 2. The number of nitrogens with two attached hydrogens (primary N) is 1. The second-order valence-electron chi connectivity index (χ2n) is 3.81. The van der Waals surface area contributed by atoms with Crippen LogP contribution in [0.15, 0.2) is 12.1 Å². The van der Waals surface area contributed by atoms with Crippen LogP contribution < -0.4 is 11.1 Å². The summed E-state index contributed by atoms with van der Waals surface area (Å²) in [6.45, 7) is 1.71. The molecule has 1 aromatic heterocycles. The Kier molecular flexibility index (Phi) is 3.89. The Balaban J connectivity index is 2.29. The van der Waals surface area contributed by atoms with Crippen LogP contribution in [0.4, 0.5) is 11.4 Å². The van der Waals surface area contributed by atoms with Crippen molar-refractivity contribution >= 4 is 52.1 Å². The molecule has 1 amide bonds. The van der Waals surface area contributed by atoms with Gasteiger partial charge >= 0.3 is 0 Å². The van der Waals surface area contributed by atoms with Crippen molar-refractivity contribution in [3.63, 3.8) is 0 Å². The van der Waals surface area contributed by atoms with Crippen LogP contribution in [0.25, 0.3) is 0 Å². The molecule has 1 aromatic carbocycles. The number of hydrogen-bond acceptors (Lipinski definition) is 3. The molecule has 2 aromatic rings. The summed E-state index contributed by atoms with van der Waals surface area (Å²) in [5.74, 6) is -0.484. The molecule has 0 saturated carbocycles. The van der Waals surface area contributed by atoms with Gasteiger partial charge in [-0.2, -0.15) is 5.10 Å². The number of carbonyl (C=O) groups excluding carboxylic acids is 1. The van der Waals surface area contributed by atoms with E-state index in [1.807, 2.05) is 0 Å². The number of rotatable bonds is 2. The highest BCUT2D eigenvalue weighted by atomic mass is 35.5. The molecule has 0 aliphatic rings. The average Bonchev–Trinajstić information content (AvgIpc) is 2.67. The normalized spacial score (nSPS) is 10.5. The number of aromatic nitrogens is 2. The molecule has 0 aliphatic carbocycles. The van der Waals surface area contributed by atoms with Crippen LogP contribution in [0.2, 0.25) is 15.1 Å². The zero-order valence-electron chi connectivity index (χ0n) is 9.72. The summed E-state index contributed by atoms with van der Waals surface area (Å²) >= 11 is 17.6. The van der Waals surface area contributed by atoms with Crippen LogP contribution in [0.1, 0.15) is 16.2 Å². The third-order valence-corrected chi connectivity index (χ3v) is 3.50. The van der Waals surface area contributed by atoms with E-state index in [-0.39, 0.29) is 21.4 Å². The Labute approximate surface area is 124 Å². The molecule has 0 bridgehead atoms. The number of anilines is 2. The fraction of sp³-hybridized carbons (Fsp3) is 0.0909. The third-order valence-electron chi connectivity index (χ3n) is 2.47. The molecule has 1 heterocycles. The van der Waals surface area contributed by atoms with Gasteiger partial charge in [-0.15, -0.1) is 0 Å². The summed E-state index contributed by atoms with van der Waals surface area (Å²) < 4.78 is 0. The highest BCUT2D eigenvalue weighted by molar-refractivity contribution is 6.44. The molecule has 0 saturated heterocycles. The molecule has 4 N–H and O–H groups in total. The van der Waals surface area contributed by atoms with Gasteiger partial charge < -0.3 is 11.1 Å². The Hall–Kier alpha value is -1.43. The van der Waals surface area contributed by atoms with Gasteiger partial charge in [-0.1, -0.05) is 34.8 Å². The predicted molar refractivity (Wildman–Crippen MR) is 77.2 cm³/mol. The number of aryl methyl sites for hydroxylation is 1. The van der Waals surface area contributed by atoms with Gasteiger partial charge in [-0.3, -0.25) is 9.89 Å². The van der Waals surface area contributed by atoms with E-state index in [1.165, 1.54) is 12.1 Å². The number of carbonyl (C=O) groups is 1. The highest BCUT2D eigenvalue weighted by Crippen LogP contribution is 2.32. The summed E-state index contributed by atoms with van der Waals surface area (Å²) in [6, 6.07) is 2.90. The second-order valence-corrected chi connectivity index (χ2v) is 5.03. The summed E-state index contributed by atoms with van der Waals surface area (Å²) in [6.07, 6.45) is 0. The van der Waals surface area contributed by atoms with Gasteiger partial charge in [0, 0.05) is 0 Å². The van der Waals surface area contributed by atoms with Gasteiger partial charge in [-0.05, 0) is 19.1 Å². The van der Waals surface area contributed by atoms with Gasteiger partial charge in [0.05, 0.1) is 32.1 Å². The first-order valence-electron chi connectivity index (χ1n) is 5.16. The van der Waals surface area contributed by atoms with Gasteiger partial charge in [0.2, 0.25) is 0 Å². The number of aromatic amines is 1. The number of hydrogen-bond donors (Lipinski definition) is 3. The predicted octanol–water partition coefficient (Wildman–Crippen LogP) is 3.51. The number of benzene rings is 1. The topological polar surface area (TPSA) is 83.8 Å². The zero-order valence-corrected chi connectivity index (χ0v) is 12.0. The van der Waals surface area contributed by atoms with E-state index in [9.17, 15) is 4.79 Å². The molecule has 0 atom stereocenters. The maximum absolute atomic E-state index is 12.0. The average molecular weight is 320 g/mol. The molecule has 2 rings (SSSR count). The Morgan fingerprint density at radius 2 is 1.89 bits per heavy atom. The monoisotopic (exact) mass is 318 g/mol. The lowest BCUT2D eigenvalue weighted by atomic mass is 10.2. The molecule has 0 unspecified atom stereocenters. The van der Waals surface area contributed by atoms with Gasteiger partial charge in [-0.25, -0.2) is 0 Å². The largest absolute Gasteiger partial charge is 0.395 e. The summed E-state index contributed by atoms with van der Waals surface area (Å²) in [4.78, 5) is 12.0. The van der Waals surface area contributed by atoms with E-state index in [4.69, 9.17) is 40.5 Å². The van der Waals surface area contributed by atoms with Crippen LogP contribution >= 0.6 is 34.8 Å². The first-order chi connectivity index (χ1) is 8.90. The Morgan fingerprint density at radius 1 is 1.26 bits per heavy atom. The van der Waals surface area contributed by atoms with E-state index in [2.05, 4.69) is 15.5 Å². The number of nitrogens with zero attached hydrogens (tertiary/aromatic N) is 1. The van der Waals surface area contributed by atoms with Crippen molar-refractivity contribution in [3.05, 3.63) is 38.6 Å². The molecule has 5 nitrogen and oxygen atoms in total. The fourth-order valence-corrected chi connectivity index (χ4v) is 2.00. The smallest absolute Gasteiger partial charge is 0.278 e. The standard InChI is InChI=1S/C11H9Cl3N4O/c1-4-9(15)10(18-17-4)11(19)16-8-3-6(13)5(12)2-7(8)14/h2-3H,15H2,1H3,(H,16,19)(H,17,18). The van der Waals surface area contributed by atoms with Crippen molar-refractivity contribution in [1.82, 2.24) is 10.2 Å². The molecule has 0 aliphatic heterocycles. The van der Waals surface area contributed by atoms with E-state index in [0.717, 1.165) is 0 Å². The number of amides is 1. The second kappa shape index (κ2) is 5.28. The lowest BCUT2D eigenvalue weighted by Crippen LogP contribution is -2.14. The molecule has 0 radical (unpaired) electrons. The lowest BCUT2D eigenvalue weighted by Gasteiger charge is -2.07. The molecule has 0 fully saturated rings. The number of H-pyrrole nitrogens is 1. The number of nitrogen functional groups attached to an aromatic ring is 1. The van der Waals surface area contributed by atoms with Crippen molar-refractivity contribution in [1.29, 1.82) is 0 Å². The third kappa shape index (κ3) is 2.78. The highest BCUT2D eigenvalue weighted by Gasteiger charge is 2.17. The van der Waals surface area contributed by atoms with Crippen molar-refractivity contribution in [3.8, 4) is 0 Å². The number of halogens is 3. The minimum absolute atomic E-state index is 0.0969. The Bertz CT molecular complexity index is 654. The minimum atomic E-state index is -0.484. The maximum atomic E-state index is 12.0. The quantitative estimate of drug-likeness (QED) is 0.741. The van der Waals surface area contributed by atoms with Gasteiger partial charge in [0.25, 0.3) is 5.91 Å². The first kappa shape index (κ1) is 14.0.